The number of guanidine groups is 1. The van der Waals surface area contributed by atoms with E-state index in [0.29, 0.717) is 24.0 Å². The predicted molar refractivity (Wildman–Crippen MR) is 246 cm³/mol. The molecule has 0 saturated carbocycles. The van der Waals surface area contributed by atoms with Gasteiger partial charge < -0.3 is 59.2 Å². The number of hydrogen-bond acceptors (Lipinski definition) is 9. The average Bonchev–Trinajstić information content (AvgIpc) is 3.69. The summed E-state index contributed by atoms with van der Waals surface area (Å²) < 4.78 is 0. The lowest BCUT2D eigenvalue weighted by Crippen LogP contribution is -2.60. The Morgan fingerprint density at radius 2 is 1.24 bits per heavy atom. The smallest absolute Gasteiger partial charge is 0.303 e. The highest BCUT2D eigenvalue weighted by atomic mass is 16.4. The van der Waals surface area contributed by atoms with Crippen molar-refractivity contribution in [2.45, 2.75) is 114 Å². The number of para-hydroxylation sites is 1. The monoisotopic (exact) mass is 909 g/mol. The summed E-state index contributed by atoms with van der Waals surface area (Å²) >= 11 is 0. The Hall–Kier alpha value is -7.51. The third-order valence-electron chi connectivity index (χ3n) is 11.3. The van der Waals surface area contributed by atoms with Crippen LogP contribution in [0.4, 0.5) is 0 Å². The fourth-order valence-electron chi connectivity index (χ4n) is 7.72. The first-order chi connectivity index (χ1) is 31.6. The summed E-state index contributed by atoms with van der Waals surface area (Å²) in [4.78, 5) is 116. The number of hydrogen-bond donors (Lipinski definition) is 11. The van der Waals surface area contributed by atoms with Gasteiger partial charge in [-0.1, -0.05) is 80.4 Å². The molecular formula is C46H59N11O9. The van der Waals surface area contributed by atoms with Crippen molar-refractivity contribution in [3.05, 3.63) is 84.1 Å². The Kier molecular flexibility index (Phi) is 18.0. The number of nitrogens with zero attached hydrogens (tertiary/aromatic N) is 1. The molecule has 1 aliphatic heterocycles. The molecule has 5 rings (SSSR count). The maximum atomic E-state index is 14.6. The summed E-state index contributed by atoms with van der Waals surface area (Å²) in [5.41, 5.74) is 18.8. The van der Waals surface area contributed by atoms with E-state index in [-0.39, 0.29) is 63.9 Å². The SMILES string of the molecule is CCCCC1NC(=O)CCC(C(N)=O)NC(=O)C(Cc2c[nH]c3ccccc23)NC(=O)C(CCCN=C(N)N)NC(=O)C(Cc2ccc3ccccc3c2)NC(=O)C(CCC(=O)O)NC1=O. The molecule has 6 unspecified atom stereocenters. The van der Waals surface area contributed by atoms with Crippen molar-refractivity contribution in [2.75, 3.05) is 6.54 Å². The zero-order valence-electron chi connectivity index (χ0n) is 36.8. The molecule has 4 aromatic rings. The summed E-state index contributed by atoms with van der Waals surface area (Å²) in [6.07, 6.45) is 1.29. The van der Waals surface area contributed by atoms with Crippen LogP contribution in [0.3, 0.4) is 0 Å². The number of carboxylic acids is 1. The number of aliphatic carboxylic acids is 1. The van der Waals surface area contributed by atoms with E-state index in [1.54, 1.807) is 18.3 Å². The molecule has 3 aromatic carbocycles. The molecule has 1 aliphatic rings. The minimum Gasteiger partial charge on any atom is -0.481 e. The molecule has 352 valence electrons. The molecule has 0 bridgehead atoms. The van der Waals surface area contributed by atoms with E-state index in [1.165, 1.54) is 0 Å². The number of benzene rings is 3. The Bertz CT molecular complexity index is 2430. The number of rotatable bonds is 15. The van der Waals surface area contributed by atoms with Crippen LogP contribution in [0.2, 0.25) is 0 Å². The van der Waals surface area contributed by atoms with Gasteiger partial charge in [-0.15, -0.1) is 0 Å². The Labute approximate surface area is 381 Å². The van der Waals surface area contributed by atoms with Crippen LogP contribution in [0.15, 0.2) is 77.9 Å². The van der Waals surface area contributed by atoms with Gasteiger partial charge in [-0.05, 0) is 60.1 Å². The summed E-state index contributed by atoms with van der Waals surface area (Å²) in [5.74, 6) is -7.22. The summed E-state index contributed by atoms with van der Waals surface area (Å²) in [6, 6.07) is 12.1. The highest BCUT2D eigenvalue weighted by Gasteiger charge is 2.34. The second kappa shape index (κ2) is 24.0. The van der Waals surface area contributed by atoms with Crippen molar-refractivity contribution in [3.63, 3.8) is 0 Å². The number of carbonyl (C=O) groups is 8. The Morgan fingerprint density at radius 3 is 1.91 bits per heavy atom. The lowest BCUT2D eigenvalue weighted by atomic mass is 9.99. The van der Waals surface area contributed by atoms with E-state index >= 15 is 0 Å². The van der Waals surface area contributed by atoms with Crippen molar-refractivity contribution in [1.82, 2.24) is 36.9 Å². The molecule has 66 heavy (non-hydrogen) atoms. The lowest BCUT2D eigenvalue weighted by molar-refractivity contribution is -0.138. The standard InChI is InChI=1S/C46H59N11O9/c1-2-3-12-33-41(62)55-35(18-20-39(59)60)43(64)56-36(23-26-15-16-27-9-4-5-10-28(27)22-26)44(65)54-34(14-8-21-50-46(48)49)42(63)57-37(24-29-25-51-31-13-7-6-11-30(29)31)45(66)53-32(40(47)61)17-19-38(58)52-33/h4-7,9-11,13,15-16,22,25,32-37,51H,2-3,8,12,14,17-21,23-24H2,1H3,(H2,47,61)(H,52,58)(H,53,66)(H,54,65)(H,55,62)(H,56,64)(H,57,63)(H,59,60)(H4,48,49,50). The zero-order chi connectivity index (χ0) is 47.8. The molecule has 20 nitrogen and oxygen atoms in total. The third kappa shape index (κ3) is 14.5. The molecule has 1 saturated heterocycles. The number of H-pyrrole nitrogens is 1. The van der Waals surface area contributed by atoms with Gasteiger partial charge in [0, 0.05) is 49.3 Å². The number of carboxylic acid groups (broad SMARTS) is 1. The maximum Gasteiger partial charge on any atom is 0.303 e. The first kappa shape index (κ1) is 49.5. The quantitative estimate of drug-likeness (QED) is 0.0441. The third-order valence-corrected chi connectivity index (χ3v) is 11.3. The first-order valence-corrected chi connectivity index (χ1v) is 22.0. The molecule has 20 heteroatoms. The Morgan fingerprint density at radius 1 is 0.667 bits per heavy atom. The molecular weight excluding hydrogens is 851 g/mol. The van der Waals surface area contributed by atoms with E-state index in [0.717, 1.165) is 21.7 Å². The number of nitrogens with one attached hydrogen (secondary N) is 7. The van der Waals surface area contributed by atoms with Gasteiger partial charge in [0.1, 0.15) is 36.3 Å². The molecule has 14 N–H and O–H groups in total. The van der Waals surface area contributed by atoms with Gasteiger partial charge in [-0.2, -0.15) is 0 Å². The van der Waals surface area contributed by atoms with E-state index < -0.39 is 90.0 Å². The second-order valence-electron chi connectivity index (χ2n) is 16.3. The predicted octanol–water partition coefficient (Wildman–Crippen LogP) is 0.403. The van der Waals surface area contributed by atoms with Crippen LogP contribution in [-0.4, -0.2) is 106 Å². The fraction of sp³-hybridized carbons (Fsp3) is 0.413. The molecule has 6 atom stereocenters. The number of aromatic amines is 1. The zero-order valence-corrected chi connectivity index (χ0v) is 36.8. The van der Waals surface area contributed by atoms with Crippen LogP contribution in [0.5, 0.6) is 0 Å². The van der Waals surface area contributed by atoms with E-state index in [1.807, 2.05) is 61.5 Å². The van der Waals surface area contributed by atoms with Crippen LogP contribution in [0, 0.1) is 0 Å². The number of fused-ring (bicyclic) bond motifs is 2. The van der Waals surface area contributed by atoms with Crippen LogP contribution < -0.4 is 49.1 Å². The maximum absolute atomic E-state index is 14.6. The van der Waals surface area contributed by atoms with Gasteiger partial charge in [0.2, 0.25) is 41.4 Å². The molecule has 0 radical (unpaired) electrons. The van der Waals surface area contributed by atoms with Crippen LogP contribution in [-0.2, 0) is 51.2 Å². The fourth-order valence-corrected chi connectivity index (χ4v) is 7.72. The van der Waals surface area contributed by atoms with Crippen molar-refractivity contribution in [2.24, 2.45) is 22.2 Å². The van der Waals surface area contributed by atoms with Crippen molar-refractivity contribution in [3.8, 4) is 0 Å². The van der Waals surface area contributed by atoms with Crippen LogP contribution in [0.1, 0.15) is 75.8 Å². The van der Waals surface area contributed by atoms with Crippen LogP contribution in [0.25, 0.3) is 21.7 Å². The number of unbranched alkanes of at least 4 members (excludes halogenated alkanes) is 1. The van der Waals surface area contributed by atoms with E-state index in [9.17, 15) is 43.5 Å². The largest absolute Gasteiger partial charge is 0.481 e. The molecule has 0 aliphatic carbocycles. The van der Waals surface area contributed by atoms with Gasteiger partial charge >= 0.3 is 5.97 Å². The summed E-state index contributed by atoms with van der Waals surface area (Å²) in [6.45, 7) is 1.94. The number of primary amides is 1. The molecule has 7 amide bonds. The van der Waals surface area contributed by atoms with E-state index in [4.69, 9.17) is 17.2 Å². The minimum absolute atomic E-state index is 0.0537. The number of aromatic nitrogens is 1. The number of carbonyl (C=O) groups excluding carboxylic acids is 7. The van der Waals surface area contributed by atoms with Crippen LogP contribution >= 0.6 is 0 Å². The number of aliphatic imine (C=N–C) groups is 1. The van der Waals surface area contributed by atoms with Crippen molar-refractivity contribution in [1.29, 1.82) is 0 Å². The minimum atomic E-state index is -1.48. The molecule has 1 fully saturated rings. The van der Waals surface area contributed by atoms with Gasteiger partial charge in [0.05, 0.1) is 0 Å². The average molecular weight is 910 g/mol. The van der Waals surface area contributed by atoms with Gasteiger partial charge in [-0.25, -0.2) is 0 Å². The highest BCUT2D eigenvalue weighted by Crippen LogP contribution is 2.21. The molecule has 1 aromatic heterocycles. The van der Waals surface area contributed by atoms with Gasteiger partial charge in [0.15, 0.2) is 5.96 Å². The van der Waals surface area contributed by atoms with Gasteiger partial charge in [0.25, 0.3) is 0 Å². The normalized spacial score (nSPS) is 21.7. The Balaban J connectivity index is 1.58. The number of nitrogens with two attached hydrogens (primary N) is 3. The van der Waals surface area contributed by atoms with E-state index in [2.05, 4.69) is 41.9 Å². The summed E-state index contributed by atoms with van der Waals surface area (Å²) in [7, 11) is 0. The van der Waals surface area contributed by atoms with Gasteiger partial charge in [-0.3, -0.25) is 43.3 Å². The number of amides is 7. The molecule has 2 heterocycles. The van der Waals surface area contributed by atoms with Crippen molar-refractivity contribution < 1.29 is 43.5 Å². The van der Waals surface area contributed by atoms with Crippen molar-refractivity contribution >= 4 is 75.0 Å². The first-order valence-electron chi connectivity index (χ1n) is 22.0. The topological polar surface area (TPSA) is 335 Å². The molecule has 0 spiro atoms. The second-order valence-corrected chi connectivity index (χ2v) is 16.3. The lowest BCUT2D eigenvalue weighted by Gasteiger charge is -2.28. The summed E-state index contributed by atoms with van der Waals surface area (Å²) in [5, 5.41) is 28.1. The highest BCUT2D eigenvalue weighted by molar-refractivity contribution is 5.98.